The van der Waals surface area contributed by atoms with E-state index in [4.69, 9.17) is 4.74 Å². The quantitative estimate of drug-likeness (QED) is 0.867. The second kappa shape index (κ2) is 4.65. The first-order valence-electron chi connectivity index (χ1n) is 4.83. The smallest absolute Gasteiger partial charge is 0.331 e. The number of hydrogen-bond acceptors (Lipinski definition) is 3. The van der Waals surface area contributed by atoms with Gasteiger partial charge in [0.25, 0.3) is 0 Å². The molecule has 1 aromatic heterocycles. The lowest BCUT2D eigenvalue weighted by Gasteiger charge is -2.07. The minimum absolute atomic E-state index is 0.0773. The lowest BCUT2D eigenvalue weighted by atomic mass is 10.3. The maximum atomic E-state index is 13.1. The normalized spacial score (nSPS) is 10.0. The molecule has 0 spiro atoms. The zero-order chi connectivity index (χ0) is 12.3. The Labute approximate surface area is 96.8 Å². The third-order valence-corrected chi connectivity index (χ3v) is 2.14. The molecule has 0 radical (unpaired) electrons. The van der Waals surface area contributed by atoms with E-state index in [1.54, 1.807) is 0 Å². The van der Waals surface area contributed by atoms with Crippen molar-refractivity contribution in [3.8, 4) is 5.75 Å². The molecule has 1 N–H and O–H groups in total. The van der Waals surface area contributed by atoms with Crippen molar-refractivity contribution in [3.05, 3.63) is 42.7 Å². The Morgan fingerprint density at radius 1 is 1.53 bits per heavy atom. The monoisotopic (exact) mass is 235 g/mol. The number of amides is 1. The fraction of sp³-hybridized carbons (Fsp3) is 0.0909. The number of nitrogens with zero attached hydrogens (tertiary/aromatic N) is 2. The van der Waals surface area contributed by atoms with Gasteiger partial charge in [-0.3, -0.25) is 4.57 Å². The van der Waals surface area contributed by atoms with E-state index in [0.29, 0.717) is 5.69 Å². The molecule has 1 heterocycles. The van der Waals surface area contributed by atoms with Gasteiger partial charge in [0, 0.05) is 24.1 Å². The minimum Gasteiger partial charge on any atom is -0.494 e. The number of nitrogens with one attached hydrogen (secondary N) is 1. The fourth-order valence-electron chi connectivity index (χ4n) is 1.30. The highest BCUT2D eigenvalue weighted by molar-refractivity contribution is 5.91. The molecule has 0 aliphatic heterocycles. The summed E-state index contributed by atoms with van der Waals surface area (Å²) in [5, 5.41) is 2.58. The summed E-state index contributed by atoms with van der Waals surface area (Å²) in [6, 6.07) is 3.70. The molecule has 88 valence electrons. The Balaban J connectivity index is 2.16. The van der Waals surface area contributed by atoms with Gasteiger partial charge in [0.2, 0.25) is 0 Å². The van der Waals surface area contributed by atoms with Crippen molar-refractivity contribution in [2.24, 2.45) is 0 Å². The second-order valence-electron chi connectivity index (χ2n) is 3.25. The molecule has 0 unspecified atom stereocenters. The van der Waals surface area contributed by atoms with Crippen LogP contribution < -0.4 is 10.1 Å². The van der Waals surface area contributed by atoms with Crippen LogP contribution in [-0.2, 0) is 0 Å². The topological polar surface area (TPSA) is 56.1 Å². The molecular formula is C11H10FN3O2. The summed E-state index contributed by atoms with van der Waals surface area (Å²) in [6.45, 7) is 0. The molecule has 0 fully saturated rings. The molecule has 0 atom stereocenters. The van der Waals surface area contributed by atoms with Crippen LogP contribution >= 0.6 is 0 Å². The lowest BCUT2D eigenvalue weighted by molar-refractivity contribution is 0.253. The lowest BCUT2D eigenvalue weighted by Crippen LogP contribution is -2.17. The second-order valence-corrected chi connectivity index (χ2v) is 3.25. The average Bonchev–Trinajstić information content (AvgIpc) is 2.85. The van der Waals surface area contributed by atoms with Crippen molar-refractivity contribution in [1.82, 2.24) is 9.55 Å². The van der Waals surface area contributed by atoms with Crippen molar-refractivity contribution in [2.75, 3.05) is 12.4 Å². The van der Waals surface area contributed by atoms with Gasteiger partial charge in [0.05, 0.1) is 7.11 Å². The van der Waals surface area contributed by atoms with E-state index in [1.807, 2.05) is 0 Å². The molecule has 0 saturated carbocycles. The minimum atomic E-state index is -0.479. The van der Waals surface area contributed by atoms with Crippen molar-refractivity contribution < 1.29 is 13.9 Å². The summed E-state index contributed by atoms with van der Waals surface area (Å²) in [6.07, 6.45) is 4.37. The molecule has 17 heavy (non-hydrogen) atoms. The van der Waals surface area contributed by atoms with E-state index in [9.17, 15) is 9.18 Å². The summed E-state index contributed by atoms with van der Waals surface area (Å²) in [5.74, 6) is -0.401. The van der Waals surface area contributed by atoms with Crippen LogP contribution in [-0.4, -0.2) is 22.7 Å². The zero-order valence-corrected chi connectivity index (χ0v) is 9.05. The number of ether oxygens (including phenoxy) is 1. The summed E-state index contributed by atoms with van der Waals surface area (Å²) in [4.78, 5) is 15.4. The van der Waals surface area contributed by atoms with E-state index >= 15 is 0 Å². The van der Waals surface area contributed by atoms with Crippen LogP contribution in [0.15, 0.2) is 36.9 Å². The zero-order valence-electron chi connectivity index (χ0n) is 9.05. The highest BCUT2D eigenvalue weighted by atomic mass is 19.1. The van der Waals surface area contributed by atoms with E-state index in [-0.39, 0.29) is 11.8 Å². The highest BCUT2D eigenvalue weighted by Crippen LogP contribution is 2.21. The molecular weight excluding hydrogens is 225 g/mol. The van der Waals surface area contributed by atoms with E-state index in [0.717, 1.165) is 0 Å². The molecule has 1 amide bonds. The Bertz CT molecular complexity index is 526. The molecule has 5 nitrogen and oxygen atoms in total. The summed E-state index contributed by atoms with van der Waals surface area (Å²) in [5.41, 5.74) is 0.446. The van der Waals surface area contributed by atoms with E-state index in [1.165, 1.54) is 48.6 Å². The van der Waals surface area contributed by atoms with E-state index < -0.39 is 5.82 Å². The number of carbonyl (C=O) groups excluding carboxylic acids is 1. The van der Waals surface area contributed by atoms with Crippen LogP contribution in [0.25, 0.3) is 0 Å². The molecule has 0 bridgehead atoms. The molecule has 1 aromatic carbocycles. The number of carbonyl (C=O) groups is 1. The van der Waals surface area contributed by atoms with Gasteiger partial charge in [-0.15, -0.1) is 0 Å². The van der Waals surface area contributed by atoms with Crippen LogP contribution in [0.2, 0.25) is 0 Å². The van der Waals surface area contributed by atoms with Gasteiger partial charge >= 0.3 is 6.03 Å². The van der Waals surface area contributed by atoms with Crippen LogP contribution in [0.4, 0.5) is 14.9 Å². The summed E-state index contributed by atoms with van der Waals surface area (Å²) >= 11 is 0. The Hall–Kier alpha value is -2.37. The number of hydrogen-bond donors (Lipinski definition) is 1. The summed E-state index contributed by atoms with van der Waals surface area (Å²) in [7, 11) is 1.36. The standard InChI is InChI=1S/C11H10FN3O2/c1-17-10-6-8(2-3-9(10)12)14-11(16)15-5-4-13-7-15/h2-7H,1H3,(H,14,16). The number of imidazole rings is 1. The SMILES string of the molecule is COc1cc(NC(=O)n2ccnc2)ccc1F. The van der Waals surface area contributed by atoms with Gasteiger partial charge < -0.3 is 10.1 Å². The van der Waals surface area contributed by atoms with Crippen molar-refractivity contribution in [1.29, 1.82) is 0 Å². The Morgan fingerprint density at radius 2 is 2.35 bits per heavy atom. The molecule has 6 heteroatoms. The highest BCUT2D eigenvalue weighted by Gasteiger charge is 2.07. The molecule has 0 saturated heterocycles. The van der Waals surface area contributed by atoms with Gasteiger partial charge in [-0.1, -0.05) is 0 Å². The first-order chi connectivity index (χ1) is 8.20. The number of methoxy groups -OCH3 is 1. The van der Waals surface area contributed by atoms with Crippen LogP contribution in [0, 0.1) is 5.82 Å². The van der Waals surface area contributed by atoms with Gasteiger partial charge in [-0.2, -0.15) is 0 Å². The molecule has 2 rings (SSSR count). The van der Waals surface area contributed by atoms with Gasteiger partial charge in [-0.05, 0) is 12.1 Å². The third kappa shape index (κ3) is 2.41. The molecule has 0 aliphatic carbocycles. The van der Waals surface area contributed by atoms with E-state index in [2.05, 4.69) is 10.3 Å². The first kappa shape index (κ1) is 11.1. The number of rotatable bonds is 2. The van der Waals surface area contributed by atoms with Gasteiger partial charge in [0.15, 0.2) is 11.6 Å². The Morgan fingerprint density at radius 3 is 3.00 bits per heavy atom. The van der Waals surface area contributed by atoms with Crippen LogP contribution in [0.1, 0.15) is 0 Å². The van der Waals surface area contributed by atoms with Gasteiger partial charge in [-0.25, -0.2) is 14.2 Å². The first-order valence-corrected chi connectivity index (χ1v) is 4.83. The van der Waals surface area contributed by atoms with Crippen molar-refractivity contribution >= 4 is 11.7 Å². The average molecular weight is 235 g/mol. The third-order valence-electron chi connectivity index (χ3n) is 2.14. The van der Waals surface area contributed by atoms with Crippen LogP contribution in [0.3, 0.4) is 0 Å². The number of anilines is 1. The van der Waals surface area contributed by atoms with Crippen molar-refractivity contribution in [3.63, 3.8) is 0 Å². The number of halogens is 1. The largest absolute Gasteiger partial charge is 0.494 e. The molecule has 0 aliphatic rings. The fourth-order valence-corrected chi connectivity index (χ4v) is 1.30. The Kier molecular flexibility index (Phi) is 3.04. The number of aromatic nitrogens is 2. The van der Waals surface area contributed by atoms with Crippen LogP contribution in [0.5, 0.6) is 5.75 Å². The predicted octanol–water partition coefficient (Wildman–Crippen LogP) is 2.11. The maximum Gasteiger partial charge on any atom is 0.331 e. The summed E-state index contributed by atoms with van der Waals surface area (Å²) < 4.78 is 19.2. The van der Waals surface area contributed by atoms with Crippen molar-refractivity contribution in [2.45, 2.75) is 0 Å². The predicted molar refractivity (Wildman–Crippen MR) is 59.6 cm³/mol. The number of benzene rings is 1. The maximum absolute atomic E-state index is 13.1. The van der Waals surface area contributed by atoms with Gasteiger partial charge in [0.1, 0.15) is 6.33 Å². The molecule has 2 aromatic rings.